The monoisotopic (exact) mass is 211 g/mol. The first-order valence-electron chi connectivity index (χ1n) is 5.63. The predicted octanol–water partition coefficient (Wildman–Crippen LogP) is 2.66. The molecular weight excluding hydrogens is 190 g/mol. The van der Waals surface area contributed by atoms with Crippen LogP contribution in [0.4, 0.5) is 0 Å². The lowest BCUT2D eigenvalue weighted by Gasteiger charge is -2.19. The Hall–Kier alpha value is -0.130. The Balaban J connectivity index is 2.17. The highest BCUT2D eigenvalue weighted by Gasteiger charge is 2.25. The molecule has 2 unspecified atom stereocenters. The van der Waals surface area contributed by atoms with Crippen molar-refractivity contribution >= 4 is 11.8 Å². The van der Waals surface area contributed by atoms with Crippen LogP contribution >= 0.6 is 11.8 Å². The molecule has 2 atom stereocenters. The molecule has 0 heterocycles. The molecule has 0 aromatic heterocycles. The van der Waals surface area contributed by atoms with Crippen LogP contribution < -0.4 is 5.32 Å². The molecule has 0 radical (unpaired) electrons. The van der Waals surface area contributed by atoms with E-state index >= 15 is 0 Å². The van der Waals surface area contributed by atoms with Crippen LogP contribution in [-0.2, 0) is 0 Å². The zero-order valence-corrected chi connectivity index (χ0v) is 10.1. The van der Waals surface area contributed by atoms with Gasteiger partial charge in [-0.25, -0.2) is 0 Å². The largest absolute Gasteiger partial charge is 0.312 e. The Morgan fingerprint density at radius 1 is 1.43 bits per heavy atom. The molecule has 2 heteroatoms. The molecule has 1 aliphatic rings. The van der Waals surface area contributed by atoms with Gasteiger partial charge in [0, 0.05) is 24.3 Å². The van der Waals surface area contributed by atoms with E-state index in [1.54, 1.807) is 0 Å². The van der Waals surface area contributed by atoms with E-state index in [1.165, 1.54) is 25.0 Å². The van der Waals surface area contributed by atoms with Gasteiger partial charge < -0.3 is 5.32 Å². The maximum atomic E-state index is 3.63. The third-order valence-corrected chi connectivity index (χ3v) is 3.99. The molecule has 1 nitrogen and oxygen atoms in total. The summed E-state index contributed by atoms with van der Waals surface area (Å²) in [4.78, 5) is 0. The van der Waals surface area contributed by atoms with Crippen LogP contribution in [0.5, 0.6) is 0 Å². The molecule has 0 aliphatic heterocycles. The van der Waals surface area contributed by atoms with Crippen molar-refractivity contribution < 1.29 is 0 Å². The van der Waals surface area contributed by atoms with Gasteiger partial charge >= 0.3 is 0 Å². The number of rotatable bonds is 5. The van der Waals surface area contributed by atoms with Crippen molar-refractivity contribution in [1.29, 1.82) is 0 Å². The smallest absolute Gasteiger partial charge is 0.0214 e. The van der Waals surface area contributed by atoms with Gasteiger partial charge in [-0.2, -0.15) is 11.8 Å². The number of thioether (sulfide) groups is 1. The molecule has 1 rings (SSSR count). The summed E-state index contributed by atoms with van der Waals surface area (Å²) in [6.45, 7) is 5.22. The minimum absolute atomic E-state index is 0.749. The van der Waals surface area contributed by atoms with Crippen LogP contribution in [0.15, 0.2) is 0 Å². The first-order chi connectivity index (χ1) is 6.88. The zero-order chi connectivity index (χ0) is 10.2. The molecule has 0 bridgehead atoms. The Labute approximate surface area is 92.4 Å². The highest BCUT2D eigenvalue weighted by Crippen LogP contribution is 2.29. The molecule has 1 fully saturated rings. The molecule has 1 N–H and O–H groups in total. The second-order valence-electron chi connectivity index (χ2n) is 3.66. The summed E-state index contributed by atoms with van der Waals surface area (Å²) in [5, 5.41) is 4.48. The minimum Gasteiger partial charge on any atom is -0.312 e. The second kappa shape index (κ2) is 7.20. The van der Waals surface area contributed by atoms with Gasteiger partial charge in [0.25, 0.3) is 0 Å². The summed E-state index contributed by atoms with van der Waals surface area (Å²) in [7, 11) is 0. The molecule has 1 saturated carbocycles. The highest BCUT2D eigenvalue weighted by molar-refractivity contribution is 7.99. The van der Waals surface area contributed by atoms with Crippen LogP contribution in [-0.4, -0.2) is 23.6 Å². The second-order valence-corrected chi connectivity index (χ2v) is 5.18. The van der Waals surface area contributed by atoms with E-state index in [2.05, 4.69) is 35.8 Å². The topological polar surface area (TPSA) is 12.0 Å². The molecule has 1 aliphatic carbocycles. The van der Waals surface area contributed by atoms with Crippen molar-refractivity contribution in [2.75, 3.05) is 12.3 Å². The van der Waals surface area contributed by atoms with E-state index in [1.807, 2.05) is 6.92 Å². The molecule has 0 aromatic carbocycles. The molecule has 80 valence electrons. The molecule has 14 heavy (non-hydrogen) atoms. The van der Waals surface area contributed by atoms with E-state index in [4.69, 9.17) is 0 Å². The lowest BCUT2D eigenvalue weighted by Crippen LogP contribution is -2.34. The summed E-state index contributed by atoms with van der Waals surface area (Å²) in [5.41, 5.74) is 0. The van der Waals surface area contributed by atoms with Gasteiger partial charge in [-0.15, -0.1) is 11.8 Å². The SMILES string of the molecule is CC#CCCNC1CCCC1SCC. The Kier molecular flexibility index (Phi) is 6.14. The Bertz CT molecular complexity index is 204. The molecule has 0 amide bonds. The van der Waals surface area contributed by atoms with E-state index in [0.29, 0.717) is 0 Å². The summed E-state index contributed by atoms with van der Waals surface area (Å²) >= 11 is 2.11. The van der Waals surface area contributed by atoms with Crippen LogP contribution in [0.3, 0.4) is 0 Å². The van der Waals surface area contributed by atoms with Crippen LogP contribution in [0.2, 0.25) is 0 Å². The fraction of sp³-hybridized carbons (Fsp3) is 0.833. The standard InChI is InChI=1S/C12H21NS/c1-3-5-6-10-13-11-8-7-9-12(11)14-4-2/h11-13H,4,6-10H2,1-2H3. The molecule has 0 spiro atoms. The maximum Gasteiger partial charge on any atom is 0.0214 e. The first kappa shape index (κ1) is 11.9. The van der Waals surface area contributed by atoms with Crippen LogP contribution in [0, 0.1) is 11.8 Å². The van der Waals surface area contributed by atoms with Gasteiger partial charge in [0.15, 0.2) is 0 Å². The van der Waals surface area contributed by atoms with Crippen molar-refractivity contribution in [3.63, 3.8) is 0 Å². The average Bonchev–Trinajstić information content (AvgIpc) is 2.61. The van der Waals surface area contributed by atoms with Gasteiger partial charge in [0.05, 0.1) is 0 Å². The van der Waals surface area contributed by atoms with Gasteiger partial charge in [0.1, 0.15) is 0 Å². The lowest BCUT2D eigenvalue weighted by molar-refractivity contribution is 0.540. The number of hydrogen-bond acceptors (Lipinski definition) is 2. The van der Waals surface area contributed by atoms with Crippen molar-refractivity contribution in [3.05, 3.63) is 0 Å². The van der Waals surface area contributed by atoms with Gasteiger partial charge in [-0.1, -0.05) is 13.3 Å². The Morgan fingerprint density at radius 3 is 3.00 bits per heavy atom. The third kappa shape index (κ3) is 3.94. The molecule has 0 aromatic rings. The fourth-order valence-electron chi connectivity index (χ4n) is 2.02. The van der Waals surface area contributed by atoms with Gasteiger partial charge in [-0.05, 0) is 25.5 Å². The third-order valence-electron chi connectivity index (χ3n) is 2.67. The normalized spacial score (nSPS) is 25.9. The van der Waals surface area contributed by atoms with Crippen molar-refractivity contribution in [2.45, 2.75) is 50.8 Å². The van der Waals surface area contributed by atoms with E-state index in [-0.39, 0.29) is 0 Å². The molecule has 0 saturated heterocycles. The number of hydrogen-bond donors (Lipinski definition) is 1. The van der Waals surface area contributed by atoms with Crippen LogP contribution in [0.25, 0.3) is 0 Å². The summed E-state index contributed by atoms with van der Waals surface area (Å²) < 4.78 is 0. The first-order valence-corrected chi connectivity index (χ1v) is 6.68. The minimum atomic E-state index is 0.749. The maximum absolute atomic E-state index is 3.63. The van der Waals surface area contributed by atoms with Crippen molar-refractivity contribution in [2.24, 2.45) is 0 Å². The van der Waals surface area contributed by atoms with E-state index in [0.717, 1.165) is 24.3 Å². The summed E-state index contributed by atoms with van der Waals surface area (Å²) in [6, 6.07) is 0.749. The van der Waals surface area contributed by atoms with E-state index in [9.17, 15) is 0 Å². The van der Waals surface area contributed by atoms with Gasteiger partial charge in [0.2, 0.25) is 0 Å². The highest BCUT2D eigenvalue weighted by atomic mass is 32.2. The number of nitrogens with one attached hydrogen (secondary N) is 1. The quantitative estimate of drug-likeness (QED) is 0.554. The average molecular weight is 211 g/mol. The van der Waals surface area contributed by atoms with Crippen LogP contribution in [0.1, 0.15) is 39.5 Å². The zero-order valence-electron chi connectivity index (χ0n) is 9.31. The predicted molar refractivity (Wildman–Crippen MR) is 65.6 cm³/mol. The summed E-state index contributed by atoms with van der Waals surface area (Å²) in [5.74, 6) is 7.28. The fourth-order valence-corrected chi connectivity index (χ4v) is 3.24. The lowest BCUT2D eigenvalue weighted by atomic mass is 10.2. The summed E-state index contributed by atoms with van der Waals surface area (Å²) in [6.07, 6.45) is 5.15. The van der Waals surface area contributed by atoms with Crippen molar-refractivity contribution in [1.82, 2.24) is 5.32 Å². The molecular formula is C12H21NS. The van der Waals surface area contributed by atoms with E-state index < -0.39 is 0 Å². The van der Waals surface area contributed by atoms with Crippen molar-refractivity contribution in [3.8, 4) is 11.8 Å². The van der Waals surface area contributed by atoms with Gasteiger partial charge in [-0.3, -0.25) is 0 Å². The Morgan fingerprint density at radius 2 is 2.29 bits per heavy atom.